The number of anilines is 1. The topological polar surface area (TPSA) is 93.4 Å². The Morgan fingerprint density at radius 2 is 1.83 bits per heavy atom. The van der Waals surface area contributed by atoms with E-state index in [4.69, 9.17) is 9.84 Å². The number of carbonyl (C=O) groups is 1. The maximum absolute atomic E-state index is 12.0. The largest absolute Gasteiger partial charge is 0.446 e. The van der Waals surface area contributed by atoms with Gasteiger partial charge in [0.25, 0.3) is 0 Å². The first-order chi connectivity index (χ1) is 14.4. The molecule has 8 nitrogen and oxygen atoms in total. The molecular formula is C22H28N6O2. The number of fused-ring (bicyclic) bond motifs is 1. The molecule has 3 heterocycles. The van der Waals surface area contributed by atoms with Crippen LogP contribution in [0.4, 0.5) is 10.6 Å². The highest BCUT2D eigenvalue weighted by atomic mass is 16.6. The first-order valence-electron chi connectivity index (χ1n) is 10.4. The number of nitrogens with one attached hydrogen (secondary N) is 2. The lowest BCUT2D eigenvalue weighted by atomic mass is 9.93. The van der Waals surface area contributed by atoms with Gasteiger partial charge < -0.3 is 15.4 Å². The van der Waals surface area contributed by atoms with Crippen LogP contribution in [0.2, 0.25) is 0 Å². The van der Waals surface area contributed by atoms with Crippen molar-refractivity contribution < 1.29 is 9.53 Å². The molecule has 0 atom stereocenters. The third-order valence-electron chi connectivity index (χ3n) is 5.12. The number of aromatic nitrogens is 4. The van der Waals surface area contributed by atoms with E-state index >= 15 is 0 Å². The van der Waals surface area contributed by atoms with Gasteiger partial charge >= 0.3 is 6.09 Å². The van der Waals surface area contributed by atoms with Crippen LogP contribution in [0.1, 0.15) is 46.5 Å². The van der Waals surface area contributed by atoms with Crippen LogP contribution in [0.25, 0.3) is 16.9 Å². The molecule has 30 heavy (non-hydrogen) atoms. The number of carbonyl (C=O) groups excluding carboxylic acids is 1. The number of ether oxygens (including phenoxy) is 1. The predicted octanol–water partition coefficient (Wildman–Crippen LogP) is 4.04. The molecule has 1 aliphatic carbocycles. The van der Waals surface area contributed by atoms with Crippen LogP contribution < -0.4 is 10.6 Å². The minimum Gasteiger partial charge on any atom is -0.446 e. The SMILES string of the molecule is CC(C)(C)NC(=O)OC1CCC(Nc2ccc3ncc(-c4ccncc4)n3n2)CC1. The summed E-state index contributed by atoms with van der Waals surface area (Å²) in [5.74, 6) is 0.811. The Hall–Kier alpha value is -3.16. The Morgan fingerprint density at radius 3 is 2.53 bits per heavy atom. The fourth-order valence-electron chi connectivity index (χ4n) is 3.69. The van der Waals surface area contributed by atoms with Gasteiger partial charge in [-0.3, -0.25) is 4.98 Å². The summed E-state index contributed by atoms with van der Waals surface area (Å²) in [6.45, 7) is 5.83. The van der Waals surface area contributed by atoms with Crippen molar-refractivity contribution in [1.29, 1.82) is 0 Å². The summed E-state index contributed by atoms with van der Waals surface area (Å²) in [5, 5.41) is 11.1. The molecule has 0 aliphatic heterocycles. The lowest BCUT2D eigenvalue weighted by Crippen LogP contribution is -2.43. The molecular weight excluding hydrogens is 380 g/mol. The van der Waals surface area contributed by atoms with Crippen molar-refractivity contribution in [1.82, 2.24) is 24.9 Å². The van der Waals surface area contributed by atoms with Crippen LogP contribution in [0.5, 0.6) is 0 Å². The molecule has 1 fully saturated rings. The highest BCUT2D eigenvalue weighted by molar-refractivity contribution is 5.68. The van der Waals surface area contributed by atoms with Gasteiger partial charge in [-0.1, -0.05) is 0 Å². The van der Waals surface area contributed by atoms with Crippen LogP contribution in [0.15, 0.2) is 42.9 Å². The first kappa shape index (κ1) is 20.1. The van der Waals surface area contributed by atoms with Crippen molar-refractivity contribution >= 4 is 17.6 Å². The maximum atomic E-state index is 12.0. The highest BCUT2D eigenvalue weighted by Crippen LogP contribution is 2.25. The average Bonchev–Trinajstić information content (AvgIpc) is 3.12. The molecule has 3 aromatic rings. The van der Waals surface area contributed by atoms with Gasteiger partial charge in [-0.05, 0) is 70.7 Å². The van der Waals surface area contributed by atoms with Crippen LogP contribution in [0, 0.1) is 0 Å². The minimum absolute atomic E-state index is 0.0345. The number of pyridine rings is 1. The molecule has 1 aliphatic rings. The zero-order valence-electron chi connectivity index (χ0n) is 17.6. The van der Waals surface area contributed by atoms with Crippen molar-refractivity contribution in [2.24, 2.45) is 0 Å². The molecule has 0 radical (unpaired) electrons. The summed E-state index contributed by atoms with van der Waals surface area (Å²) in [4.78, 5) is 20.5. The summed E-state index contributed by atoms with van der Waals surface area (Å²) in [7, 11) is 0. The van der Waals surface area contributed by atoms with Gasteiger partial charge in [0.05, 0.1) is 11.9 Å². The lowest BCUT2D eigenvalue weighted by molar-refractivity contribution is 0.0682. The molecule has 2 N–H and O–H groups in total. The van der Waals surface area contributed by atoms with E-state index in [2.05, 4.69) is 20.6 Å². The average molecular weight is 409 g/mol. The van der Waals surface area contributed by atoms with E-state index < -0.39 is 0 Å². The number of alkyl carbamates (subject to hydrolysis) is 1. The van der Waals surface area contributed by atoms with Gasteiger partial charge in [-0.15, -0.1) is 5.10 Å². The summed E-state index contributed by atoms with van der Waals surface area (Å²) in [6.07, 6.45) is 8.51. The lowest BCUT2D eigenvalue weighted by Gasteiger charge is -2.30. The summed E-state index contributed by atoms with van der Waals surface area (Å²) >= 11 is 0. The molecule has 1 amide bonds. The fraction of sp³-hybridized carbons (Fsp3) is 0.455. The third-order valence-corrected chi connectivity index (χ3v) is 5.12. The first-order valence-corrected chi connectivity index (χ1v) is 10.4. The zero-order chi connectivity index (χ0) is 21.1. The van der Waals surface area contributed by atoms with Crippen molar-refractivity contribution in [2.45, 2.75) is 64.1 Å². The van der Waals surface area contributed by atoms with Gasteiger partial charge in [-0.25, -0.2) is 14.3 Å². The van der Waals surface area contributed by atoms with Crippen LogP contribution in [-0.4, -0.2) is 43.4 Å². The Morgan fingerprint density at radius 1 is 1.10 bits per heavy atom. The van der Waals surface area contributed by atoms with E-state index in [0.29, 0.717) is 6.04 Å². The van der Waals surface area contributed by atoms with Gasteiger partial charge in [-0.2, -0.15) is 0 Å². The number of rotatable bonds is 4. The van der Waals surface area contributed by atoms with E-state index in [9.17, 15) is 4.79 Å². The number of imidazole rings is 1. The number of amides is 1. The Kier molecular flexibility index (Phi) is 5.57. The monoisotopic (exact) mass is 408 g/mol. The van der Waals surface area contributed by atoms with E-state index in [0.717, 1.165) is 48.4 Å². The molecule has 0 unspecified atom stereocenters. The Labute approximate surface area is 176 Å². The Balaban J connectivity index is 1.37. The van der Waals surface area contributed by atoms with E-state index in [1.54, 1.807) is 12.4 Å². The number of hydrogen-bond acceptors (Lipinski definition) is 6. The second-order valence-corrected chi connectivity index (χ2v) is 8.77. The number of hydrogen-bond donors (Lipinski definition) is 2. The van der Waals surface area contributed by atoms with Crippen molar-refractivity contribution in [3.8, 4) is 11.3 Å². The van der Waals surface area contributed by atoms with E-state index in [-0.39, 0.29) is 17.7 Å². The van der Waals surface area contributed by atoms with E-state index in [1.807, 2.05) is 55.7 Å². The second-order valence-electron chi connectivity index (χ2n) is 8.77. The molecule has 4 rings (SSSR count). The van der Waals surface area contributed by atoms with Crippen LogP contribution in [-0.2, 0) is 4.74 Å². The van der Waals surface area contributed by atoms with Crippen molar-refractivity contribution in [2.75, 3.05) is 5.32 Å². The molecule has 158 valence electrons. The molecule has 0 bridgehead atoms. The fourth-order valence-corrected chi connectivity index (χ4v) is 3.69. The molecule has 0 saturated heterocycles. The predicted molar refractivity (Wildman–Crippen MR) is 115 cm³/mol. The normalized spacial score (nSPS) is 19.4. The van der Waals surface area contributed by atoms with Gasteiger partial charge in [0, 0.05) is 29.5 Å². The minimum atomic E-state index is -0.338. The highest BCUT2D eigenvalue weighted by Gasteiger charge is 2.25. The molecule has 3 aromatic heterocycles. The van der Waals surface area contributed by atoms with E-state index in [1.165, 1.54) is 0 Å². The summed E-state index contributed by atoms with van der Waals surface area (Å²) < 4.78 is 7.42. The Bertz CT molecular complexity index is 1000. The van der Waals surface area contributed by atoms with Gasteiger partial charge in [0.2, 0.25) is 0 Å². The third kappa shape index (κ3) is 4.87. The maximum Gasteiger partial charge on any atom is 0.407 e. The quantitative estimate of drug-likeness (QED) is 0.677. The molecule has 0 aromatic carbocycles. The van der Waals surface area contributed by atoms with Crippen LogP contribution >= 0.6 is 0 Å². The summed E-state index contributed by atoms with van der Waals surface area (Å²) in [5.41, 5.74) is 2.46. The zero-order valence-corrected chi connectivity index (χ0v) is 17.6. The van der Waals surface area contributed by atoms with Gasteiger partial charge in [0.1, 0.15) is 11.9 Å². The van der Waals surface area contributed by atoms with Gasteiger partial charge in [0.15, 0.2) is 5.65 Å². The van der Waals surface area contributed by atoms with Crippen LogP contribution in [0.3, 0.4) is 0 Å². The van der Waals surface area contributed by atoms with Crippen molar-refractivity contribution in [3.63, 3.8) is 0 Å². The number of nitrogens with zero attached hydrogens (tertiary/aromatic N) is 4. The molecule has 0 spiro atoms. The molecule has 8 heteroatoms. The summed E-state index contributed by atoms with van der Waals surface area (Å²) in [6, 6.07) is 8.11. The molecule has 1 saturated carbocycles. The van der Waals surface area contributed by atoms with Crippen molar-refractivity contribution in [3.05, 3.63) is 42.9 Å². The smallest absolute Gasteiger partial charge is 0.407 e. The second kappa shape index (κ2) is 8.30. The standard InChI is InChI=1S/C22H28N6O2/c1-22(2,3)26-21(29)30-17-6-4-16(5-7-17)25-19-8-9-20-24-14-18(28(20)27-19)15-10-12-23-13-11-15/h8-14,16-17H,4-7H2,1-3H3,(H,25,27)(H,26,29).